The summed E-state index contributed by atoms with van der Waals surface area (Å²) >= 11 is 0. The maximum Gasteiger partial charge on any atom is 0.228 e. The molecule has 0 N–H and O–H groups in total. The molecule has 170 valence electrons. The molecule has 7 rings (SSSR count). The van der Waals surface area contributed by atoms with E-state index in [2.05, 4.69) is 4.90 Å². The Balaban J connectivity index is 1.01. The minimum Gasteiger partial charge on any atom is -0.342 e. The van der Waals surface area contributed by atoms with Gasteiger partial charge in [0.2, 0.25) is 17.7 Å². The van der Waals surface area contributed by atoms with Crippen LogP contribution in [0.4, 0.5) is 0 Å². The van der Waals surface area contributed by atoms with Crippen LogP contribution in [-0.2, 0) is 14.4 Å². The summed E-state index contributed by atoms with van der Waals surface area (Å²) in [6, 6.07) is 0. The van der Waals surface area contributed by atoms with Crippen LogP contribution in [0, 0.1) is 35.0 Å². The first-order valence-electron chi connectivity index (χ1n) is 12.9. The van der Waals surface area contributed by atoms with Gasteiger partial charge in [0.1, 0.15) is 0 Å². The number of hydrogen-bond donors (Lipinski definition) is 0. The quantitative estimate of drug-likeness (QED) is 0.695. The number of hydrogen-bond acceptors (Lipinski definition) is 3. The summed E-state index contributed by atoms with van der Waals surface area (Å²) in [7, 11) is 0. The van der Waals surface area contributed by atoms with Gasteiger partial charge in [-0.15, -0.1) is 0 Å². The van der Waals surface area contributed by atoms with E-state index in [1.54, 1.807) is 0 Å². The molecule has 2 heterocycles. The first kappa shape index (κ1) is 20.0. The molecular formula is C25H37N3O3. The van der Waals surface area contributed by atoms with E-state index >= 15 is 0 Å². The third kappa shape index (κ3) is 3.58. The maximum absolute atomic E-state index is 13.6. The van der Waals surface area contributed by atoms with Crippen LogP contribution in [0.3, 0.4) is 0 Å². The van der Waals surface area contributed by atoms with Crippen LogP contribution in [-0.4, -0.2) is 71.7 Å². The van der Waals surface area contributed by atoms with E-state index in [9.17, 15) is 14.4 Å². The van der Waals surface area contributed by atoms with Gasteiger partial charge in [0.15, 0.2) is 0 Å². The van der Waals surface area contributed by atoms with E-state index in [1.807, 2.05) is 9.80 Å². The molecule has 7 aliphatic rings. The lowest BCUT2D eigenvalue weighted by atomic mass is 9.49. The molecule has 5 aliphatic carbocycles. The number of carbonyl (C=O) groups excluding carboxylic acids is 3. The van der Waals surface area contributed by atoms with Gasteiger partial charge in [0, 0.05) is 51.1 Å². The van der Waals surface area contributed by atoms with E-state index in [0.717, 1.165) is 75.8 Å². The Morgan fingerprint density at radius 1 is 0.548 bits per heavy atom. The van der Waals surface area contributed by atoms with Crippen LogP contribution in [0.1, 0.15) is 64.2 Å². The SMILES string of the molecule is O=C(C1CC1)N1CCC(C(=O)N2CCN(C(=O)C34CC5CC(CC(C5)C3)C4)CC2)CC1. The van der Waals surface area contributed by atoms with E-state index < -0.39 is 0 Å². The Kier molecular flexibility index (Phi) is 4.84. The van der Waals surface area contributed by atoms with Crippen molar-refractivity contribution in [3.8, 4) is 0 Å². The summed E-state index contributed by atoms with van der Waals surface area (Å²) in [4.78, 5) is 45.0. The van der Waals surface area contributed by atoms with Gasteiger partial charge in [-0.2, -0.15) is 0 Å². The lowest BCUT2D eigenvalue weighted by Gasteiger charge is -2.57. The van der Waals surface area contributed by atoms with Crippen molar-refractivity contribution < 1.29 is 14.4 Å². The molecule has 0 spiro atoms. The second-order valence-electron chi connectivity index (χ2n) is 11.7. The molecule has 2 saturated heterocycles. The fraction of sp³-hybridized carbons (Fsp3) is 0.880. The van der Waals surface area contributed by atoms with Crippen LogP contribution in [0.15, 0.2) is 0 Å². The van der Waals surface area contributed by atoms with Gasteiger partial charge >= 0.3 is 0 Å². The average Bonchev–Trinajstić information content (AvgIpc) is 3.62. The standard InChI is InChI=1S/C25H37N3O3/c29-22(20-1-2-20)26-5-3-21(4-6-26)23(30)27-7-9-28(10-8-27)24(31)25-14-17-11-18(15-25)13-19(12-17)16-25/h17-21H,1-16H2. The highest BCUT2D eigenvalue weighted by molar-refractivity contribution is 5.84. The summed E-state index contributed by atoms with van der Waals surface area (Å²) in [6.45, 7) is 4.22. The number of piperidine rings is 1. The Labute approximate surface area is 185 Å². The summed E-state index contributed by atoms with van der Waals surface area (Å²) in [5.41, 5.74) is -0.0676. The molecule has 0 aromatic rings. The lowest BCUT2D eigenvalue weighted by Crippen LogP contribution is -2.59. The van der Waals surface area contributed by atoms with Gasteiger partial charge in [-0.25, -0.2) is 0 Å². The second-order valence-corrected chi connectivity index (χ2v) is 11.7. The largest absolute Gasteiger partial charge is 0.342 e. The van der Waals surface area contributed by atoms with Gasteiger partial charge < -0.3 is 14.7 Å². The topological polar surface area (TPSA) is 60.9 Å². The summed E-state index contributed by atoms with van der Waals surface area (Å²) in [5.74, 6) is 3.65. The lowest BCUT2D eigenvalue weighted by molar-refractivity contribution is -0.161. The molecular weight excluding hydrogens is 390 g/mol. The Morgan fingerprint density at radius 2 is 0.968 bits per heavy atom. The number of carbonyl (C=O) groups is 3. The highest BCUT2D eigenvalue weighted by atomic mass is 16.2. The minimum atomic E-state index is -0.0676. The molecule has 0 aromatic carbocycles. The van der Waals surface area contributed by atoms with Gasteiger partial charge in [-0.05, 0) is 82.0 Å². The highest BCUT2D eigenvalue weighted by Crippen LogP contribution is 2.60. The predicted molar refractivity (Wildman–Crippen MR) is 116 cm³/mol. The van der Waals surface area contributed by atoms with Crippen LogP contribution in [0.25, 0.3) is 0 Å². The number of nitrogens with zero attached hydrogens (tertiary/aromatic N) is 3. The van der Waals surface area contributed by atoms with Crippen LogP contribution in [0.2, 0.25) is 0 Å². The van der Waals surface area contributed by atoms with Crippen molar-refractivity contribution in [1.29, 1.82) is 0 Å². The van der Waals surface area contributed by atoms with Crippen LogP contribution in [0.5, 0.6) is 0 Å². The molecule has 0 radical (unpaired) electrons. The van der Waals surface area contributed by atoms with Crippen molar-refractivity contribution in [2.24, 2.45) is 35.0 Å². The minimum absolute atomic E-state index is 0.0497. The van der Waals surface area contributed by atoms with Crippen molar-refractivity contribution in [1.82, 2.24) is 14.7 Å². The fourth-order valence-corrected chi connectivity index (χ4v) is 8.03. The maximum atomic E-state index is 13.6. The predicted octanol–water partition coefficient (Wildman–Crippen LogP) is 2.52. The average molecular weight is 428 g/mol. The summed E-state index contributed by atoms with van der Waals surface area (Å²) in [6.07, 6.45) is 11.1. The van der Waals surface area contributed by atoms with Crippen molar-refractivity contribution >= 4 is 17.7 Å². The Morgan fingerprint density at radius 3 is 1.45 bits per heavy atom. The van der Waals surface area contributed by atoms with E-state index in [0.29, 0.717) is 38.0 Å². The molecule has 6 heteroatoms. The molecule has 7 fully saturated rings. The van der Waals surface area contributed by atoms with Gasteiger partial charge in [0.05, 0.1) is 5.41 Å². The van der Waals surface area contributed by atoms with Crippen molar-refractivity contribution in [3.63, 3.8) is 0 Å². The first-order valence-corrected chi connectivity index (χ1v) is 12.9. The molecule has 2 aliphatic heterocycles. The zero-order chi connectivity index (χ0) is 21.2. The Bertz CT molecular complexity index is 725. The number of piperazine rings is 1. The molecule has 31 heavy (non-hydrogen) atoms. The van der Waals surface area contributed by atoms with Gasteiger partial charge in [-0.1, -0.05) is 0 Å². The molecule has 3 amide bonds. The third-order valence-corrected chi connectivity index (χ3v) is 9.45. The Hall–Kier alpha value is -1.59. The van der Waals surface area contributed by atoms with Crippen molar-refractivity contribution in [3.05, 3.63) is 0 Å². The fourth-order valence-electron chi connectivity index (χ4n) is 8.03. The summed E-state index contributed by atoms with van der Waals surface area (Å²) < 4.78 is 0. The van der Waals surface area contributed by atoms with E-state index in [1.165, 1.54) is 19.3 Å². The molecule has 0 unspecified atom stereocenters. The zero-order valence-corrected chi connectivity index (χ0v) is 18.8. The van der Waals surface area contributed by atoms with E-state index in [4.69, 9.17) is 0 Å². The smallest absolute Gasteiger partial charge is 0.228 e. The molecule has 5 saturated carbocycles. The molecule has 6 nitrogen and oxygen atoms in total. The van der Waals surface area contributed by atoms with Gasteiger partial charge in [0.25, 0.3) is 0 Å². The normalized spacial score (nSPS) is 37.9. The molecule has 0 aromatic heterocycles. The highest BCUT2D eigenvalue weighted by Gasteiger charge is 2.55. The van der Waals surface area contributed by atoms with E-state index in [-0.39, 0.29) is 23.2 Å². The van der Waals surface area contributed by atoms with Gasteiger partial charge in [-0.3, -0.25) is 14.4 Å². The van der Waals surface area contributed by atoms with Crippen molar-refractivity contribution in [2.45, 2.75) is 64.2 Å². The zero-order valence-electron chi connectivity index (χ0n) is 18.8. The summed E-state index contributed by atoms with van der Waals surface area (Å²) in [5, 5.41) is 0. The number of amides is 3. The second kappa shape index (κ2) is 7.48. The van der Waals surface area contributed by atoms with Crippen LogP contribution >= 0.6 is 0 Å². The molecule has 0 atom stereocenters. The third-order valence-electron chi connectivity index (χ3n) is 9.45. The number of rotatable bonds is 3. The number of likely N-dealkylation sites (tertiary alicyclic amines) is 1. The van der Waals surface area contributed by atoms with Crippen molar-refractivity contribution in [2.75, 3.05) is 39.3 Å². The molecule has 4 bridgehead atoms. The monoisotopic (exact) mass is 427 g/mol. The first-order chi connectivity index (χ1) is 15.0. The van der Waals surface area contributed by atoms with Crippen LogP contribution < -0.4 is 0 Å².